The zero-order chi connectivity index (χ0) is 11.4. The van der Waals surface area contributed by atoms with Gasteiger partial charge in [-0.2, -0.15) is 0 Å². The molecule has 0 amide bonds. The lowest BCUT2D eigenvalue weighted by atomic mass is 9.96. The van der Waals surface area contributed by atoms with Gasteiger partial charge < -0.3 is 15.3 Å². The molecule has 94 valence electrons. The lowest BCUT2D eigenvalue weighted by Gasteiger charge is -2.32. The molecule has 2 atom stereocenters. The Morgan fingerprint density at radius 3 is 2.50 bits per heavy atom. The molecule has 2 unspecified atom stereocenters. The lowest BCUT2D eigenvalue weighted by molar-refractivity contribution is 0.138. The Bertz CT molecular complexity index is 202. The topological polar surface area (TPSA) is 35.5 Å². The van der Waals surface area contributed by atoms with Crippen molar-refractivity contribution in [1.82, 2.24) is 10.2 Å². The third kappa shape index (κ3) is 3.19. The maximum absolute atomic E-state index is 9.73. The van der Waals surface area contributed by atoms with Gasteiger partial charge in [0.1, 0.15) is 0 Å². The van der Waals surface area contributed by atoms with E-state index in [1.165, 1.54) is 38.9 Å². The second kappa shape index (κ2) is 5.99. The van der Waals surface area contributed by atoms with Gasteiger partial charge in [0.05, 0.1) is 6.10 Å². The number of nitrogens with zero attached hydrogens (tertiary/aromatic N) is 1. The van der Waals surface area contributed by atoms with Crippen LogP contribution in [0.1, 0.15) is 39.0 Å². The molecule has 0 aromatic carbocycles. The molecule has 1 aliphatic carbocycles. The van der Waals surface area contributed by atoms with E-state index in [9.17, 15) is 5.11 Å². The molecule has 1 aliphatic heterocycles. The fraction of sp³-hybridized carbons (Fsp3) is 1.00. The van der Waals surface area contributed by atoms with Gasteiger partial charge in [-0.3, -0.25) is 0 Å². The van der Waals surface area contributed by atoms with Crippen molar-refractivity contribution in [2.24, 2.45) is 5.92 Å². The van der Waals surface area contributed by atoms with Crippen LogP contribution < -0.4 is 5.32 Å². The minimum atomic E-state index is -0.0873. The monoisotopic (exact) mass is 226 g/mol. The first-order valence-electron chi connectivity index (χ1n) is 6.93. The van der Waals surface area contributed by atoms with E-state index >= 15 is 0 Å². The molecule has 2 fully saturated rings. The molecule has 0 aromatic rings. The highest BCUT2D eigenvalue weighted by Crippen LogP contribution is 2.21. The second-order valence-electron chi connectivity index (χ2n) is 5.39. The Balaban J connectivity index is 1.63. The van der Waals surface area contributed by atoms with Crippen LogP contribution in [0.25, 0.3) is 0 Å². The molecule has 1 heterocycles. The van der Waals surface area contributed by atoms with Gasteiger partial charge in [0.25, 0.3) is 0 Å². The van der Waals surface area contributed by atoms with Crippen LogP contribution in [0.15, 0.2) is 0 Å². The zero-order valence-electron chi connectivity index (χ0n) is 10.5. The van der Waals surface area contributed by atoms with Crippen LogP contribution in [0.5, 0.6) is 0 Å². The fourth-order valence-corrected chi connectivity index (χ4v) is 3.00. The van der Waals surface area contributed by atoms with Crippen molar-refractivity contribution in [3.05, 3.63) is 0 Å². The van der Waals surface area contributed by atoms with Gasteiger partial charge in [-0.05, 0) is 64.2 Å². The van der Waals surface area contributed by atoms with E-state index < -0.39 is 0 Å². The Kier molecular flexibility index (Phi) is 4.62. The average molecular weight is 226 g/mol. The largest absolute Gasteiger partial charge is 0.392 e. The van der Waals surface area contributed by atoms with Gasteiger partial charge in [0.15, 0.2) is 0 Å². The number of piperidine rings is 1. The van der Waals surface area contributed by atoms with Gasteiger partial charge >= 0.3 is 0 Å². The summed E-state index contributed by atoms with van der Waals surface area (Å²) in [5.41, 5.74) is 0. The summed E-state index contributed by atoms with van der Waals surface area (Å²) in [7, 11) is 0. The van der Waals surface area contributed by atoms with Crippen LogP contribution in [0.3, 0.4) is 0 Å². The molecule has 2 rings (SSSR count). The predicted octanol–water partition coefficient (Wildman–Crippen LogP) is 1.22. The Hall–Kier alpha value is -0.120. The molecular weight excluding hydrogens is 200 g/mol. The zero-order valence-corrected chi connectivity index (χ0v) is 10.5. The van der Waals surface area contributed by atoms with Crippen LogP contribution in [-0.2, 0) is 0 Å². The maximum atomic E-state index is 9.73. The first-order chi connectivity index (χ1) is 7.79. The molecule has 0 aromatic heterocycles. The molecule has 0 spiro atoms. The van der Waals surface area contributed by atoms with E-state index in [1.807, 2.05) is 0 Å². The highest BCUT2D eigenvalue weighted by molar-refractivity contribution is 4.84. The summed E-state index contributed by atoms with van der Waals surface area (Å²) in [5, 5.41) is 13.3. The van der Waals surface area contributed by atoms with Gasteiger partial charge in [-0.25, -0.2) is 0 Å². The molecule has 2 aliphatic rings. The minimum absolute atomic E-state index is 0.0873. The van der Waals surface area contributed by atoms with Crippen LogP contribution in [0.4, 0.5) is 0 Å². The van der Waals surface area contributed by atoms with Crippen LogP contribution in [0, 0.1) is 5.92 Å². The molecule has 1 saturated heterocycles. The van der Waals surface area contributed by atoms with E-state index in [0.717, 1.165) is 25.3 Å². The van der Waals surface area contributed by atoms with E-state index in [0.29, 0.717) is 6.04 Å². The summed E-state index contributed by atoms with van der Waals surface area (Å²) >= 11 is 0. The van der Waals surface area contributed by atoms with Gasteiger partial charge in [0.2, 0.25) is 0 Å². The summed E-state index contributed by atoms with van der Waals surface area (Å²) in [5.74, 6) is 0.829. The number of hydrogen-bond acceptors (Lipinski definition) is 3. The number of likely N-dealkylation sites (tertiary alicyclic amines) is 1. The predicted molar refractivity (Wildman–Crippen MR) is 66.5 cm³/mol. The lowest BCUT2D eigenvalue weighted by Crippen LogP contribution is -2.42. The summed E-state index contributed by atoms with van der Waals surface area (Å²) in [6, 6.07) is 0.379. The number of hydrogen-bond donors (Lipinski definition) is 2. The summed E-state index contributed by atoms with van der Waals surface area (Å²) < 4.78 is 0. The smallest absolute Gasteiger partial charge is 0.0693 e. The van der Waals surface area contributed by atoms with Gasteiger partial charge in [-0.1, -0.05) is 6.92 Å². The number of aliphatic hydroxyl groups is 1. The third-order valence-corrected chi connectivity index (χ3v) is 4.30. The summed E-state index contributed by atoms with van der Waals surface area (Å²) in [6.07, 6.45) is 5.90. The molecular formula is C13H26N2O. The summed E-state index contributed by atoms with van der Waals surface area (Å²) in [4.78, 5) is 2.53. The molecule has 2 N–H and O–H groups in total. The standard InChI is InChI=1S/C13H26N2O/c1-2-15-8-6-11(7-9-15)10-14-12-4-3-5-13(12)16/h11-14,16H,2-10H2,1H3. The first kappa shape index (κ1) is 12.3. The van der Waals surface area contributed by atoms with Gasteiger partial charge in [0, 0.05) is 6.04 Å². The SMILES string of the molecule is CCN1CCC(CNC2CCCC2O)CC1. The van der Waals surface area contributed by atoms with E-state index in [4.69, 9.17) is 0 Å². The number of aliphatic hydroxyl groups excluding tert-OH is 1. The Labute approximate surface area is 99.2 Å². The van der Waals surface area contributed by atoms with Crippen molar-refractivity contribution >= 4 is 0 Å². The van der Waals surface area contributed by atoms with Crippen LogP contribution in [-0.4, -0.2) is 48.3 Å². The van der Waals surface area contributed by atoms with Crippen molar-refractivity contribution in [2.75, 3.05) is 26.2 Å². The fourth-order valence-electron chi connectivity index (χ4n) is 3.00. The normalized spacial score (nSPS) is 33.4. The molecule has 0 bridgehead atoms. The highest BCUT2D eigenvalue weighted by Gasteiger charge is 2.26. The summed E-state index contributed by atoms with van der Waals surface area (Å²) in [6.45, 7) is 7.07. The molecule has 3 nitrogen and oxygen atoms in total. The van der Waals surface area contributed by atoms with E-state index in [1.54, 1.807) is 0 Å². The van der Waals surface area contributed by atoms with Gasteiger partial charge in [-0.15, -0.1) is 0 Å². The van der Waals surface area contributed by atoms with Crippen molar-refractivity contribution < 1.29 is 5.11 Å². The molecule has 3 heteroatoms. The first-order valence-corrected chi connectivity index (χ1v) is 6.93. The number of rotatable bonds is 4. The average Bonchev–Trinajstić information content (AvgIpc) is 2.73. The van der Waals surface area contributed by atoms with E-state index in [-0.39, 0.29) is 6.10 Å². The van der Waals surface area contributed by atoms with Crippen LogP contribution >= 0.6 is 0 Å². The molecule has 1 saturated carbocycles. The third-order valence-electron chi connectivity index (χ3n) is 4.30. The quantitative estimate of drug-likeness (QED) is 0.756. The van der Waals surface area contributed by atoms with Crippen molar-refractivity contribution in [3.8, 4) is 0 Å². The van der Waals surface area contributed by atoms with E-state index in [2.05, 4.69) is 17.1 Å². The second-order valence-corrected chi connectivity index (χ2v) is 5.39. The Morgan fingerprint density at radius 2 is 1.94 bits per heavy atom. The number of nitrogens with one attached hydrogen (secondary N) is 1. The van der Waals surface area contributed by atoms with Crippen LogP contribution in [0.2, 0.25) is 0 Å². The van der Waals surface area contributed by atoms with Crippen molar-refractivity contribution in [2.45, 2.75) is 51.2 Å². The highest BCUT2D eigenvalue weighted by atomic mass is 16.3. The maximum Gasteiger partial charge on any atom is 0.0693 e. The Morgan fingerprint density at radius 1 is 1.19 bits per heavy atom. The van der Waals surface area contributed by atoms with Crippen molar-refractivity contribution in [3.63, 3.8) is 0 Å². The molecule has 16 heavy (non-hydrogen) atoms. The minimum Gasteiger partial charge on any atom is -0.392 e. The molecule has 0 radical (unpaired) electrons. The van der Waals surface area contributed by atoms with Crippen molar-refractivity contribution in [1.29, 1.82) is 0 Å².